The fourth-order valence-electron chi connectivity index (χ4n) is 0.432. The van der Waals surface area contributed by atoms with Crippen molar-refractivity contribution in [2.75, 3.05) is 0 Å². The van der Waals surface area contributed by atoms with Gasteiger partial charge in [0.1, 0.15) is 0 Å². The van der Waals surface area contributed by atoms with Gasteiger partial charge in [0, 0.05) is 5.92 Å². The first-order chi connectivity index (χ1) is 4.59. The molecule has 2 nitrogen and oxygen atoms in total. The summed E-state index contributed by atoms with van der Waals surface area (Å²) in [6.45, 7) is 5.89. The van der Waals surface area contributed by atoms with E-state index in [9.17, 15) is 4.79 Å². The lowest BCUT2D eigenvalue weighted by molar-refractivity contribution is -0.121. The Kier molecular flexibility index (Phi) is 4.19. The monoisotopic (exact) mass is 159 g/mol. The Morgan fingerprint density at radius 1 is 1.50 bits per heavy atom. The predicted molar refractivity (Wildman–Crippen MR) is 45.9 cm³/mol. The second kappa shape index (κ2) is 4.39. The number of hydrogen-bond acceptors (Lipinski definition) is 1. The van der Waals surface area contributed by atoms with Gasteiger partial charge in [-0.1, -0.05) is 20.8 Å². The van der Waals surface area contributed by atoms with Crippen molar-refractivity contribution < 1.29 is 4.79 Å². The summed E-state index contributed by atoms with van der Waals surface area (Å²) in [5, 5.41) is 0. The highest BCUT2D eigenvalue weighted by molar-refractivity contribution is 7.66. The van der Waals surface area contributed by atoms with E-state index in [0.29, 0.717) is 5.92 Å². The first-order valence-corrected chi connectivity index (χ1v) is 4.20. The zero-order valence-corrected chi connectivity index (χ0v) is 7.44. The van der Waals surface area contributed by atoms with Crippen LogP contribution in [0.2, 0.25) is 0 Å². The summed E-state index contributed by atoms with van der Waals surface area (Å²) in [7, 11) is 0. The van der Waals surface area contributed by atoms with Crippen LogP contribution in [0, 0.1) is 11.8 Å². The number of amides is 1. The first-order valence-electron chi connectivity index (χ1n) is 3.25. The third kappa shape index (κ3) is 2.92. The first kappa shape index (κ1) is 9.56. The molecule has 0 rings (SSSR count). The Hall–Kier alpha value is -0.440. The summed E-state index contributed by atoms with van der Waals surface area (Å²) in [5.74, 6) is 3.72. The van der Waals surface area contributed by atoms with Crippen LogP contribution >= 0.6 is 0 Å². The van der Waals surface area contributed by atoms with Crippen LogP contribution < -0.4 is 0 Å². The van der Waals surface area contributed by atoms with Crippen molar-refractivity contribution in [3.05, 3.63) is 0 Å². The van der Waals surface area contributed by atoms with Gasteiger partial charge in [0.15, 0.2) is 0 Å². The van der Waals surface area contributed by atoms with Gasteiger partial charge in [0.25, 0.3) is 5.91 Å². The lowest BCUT2D eigenvalue weighted by Gasteiger charge is -2.08. The summed E-state index contributed by atoms with van der Waals surface area (Å²) >= 11 is 0.981. The summed E-state index contributed by atoms with van der Waals surface area (Å²) in [6, 6.07) is 0. The van der Waals surface area contributed by atoms with Crippen molar-refractivity contribution in [2.24, 2.45) is 16.2 Å². The molecular formula is C7H13NOS. The molecule has 3 heteroatoms. The van der Waals surface area contributed by atoms with Crippen molar-refractivity contribution in [3.63, 3.8) is 0 Å². The van der Waals surface area contributed by atoms with Crippen LogP contribution in [0.15, 0.2) is 4.36 Å². The average molecular weight is 159 g/mol. The molecule has 0 fully saturated rings. The Bertz CT molecular complexity index is 170. The van der Waals surface area contributed by atoms with Gasteiger partial charge in [0.2, 0.25) is 0 Å². The summed E-state index contributed by atoms with van der Waals surface area (Å²) in [6.07, 6.45) is 0. The van der Waals surface area contributed by atoms with Crippen molar-refractivity contribution in [3.8, 4) is 0 Å². The van der Waals surface area contributed by atoms with Crippen LogP contribution in [0.3, 0.4) is 0 Å². The minimum Gasteiger partial charge on any atom is -0.271 e. The van der Waals surface area contributed by atoms with Gasteiger partial charge in [-0.15, -0.1) is 0 Å². The van der Waals surface area contributed by atoms with Gasteiger partial charge in [-0.3, -0.25) is 4.79 Å². The van der Waals surface area contributed by atoms with Crippen LogP contribution in [0.1, 0.15) is 20.8 Å². The highest BCUT2D eigenvalue weighted by Crippen LogP contribution is 2.10. The lowest BCUT2D eigenvalue weighted by atomic mass is 9.98. The molecule has 0 aromatic rings. The molecule has 58 valence electrons. The Balaban J connectivity index is 4.07. The molecule has 0 radical (unpaired) electrons. The quantitative estimate of drug-likeness (QED) is 0.561. The number of carbonyl (C=O) groups excluding carboxylic acids is 1. The van der Waals surface area contributed by atoms with E-state index in [1.807, 2.05) is 20.8 Å². The maximum absolute atomic E-state index is 11.0. The molecule has 1 unspecified atom stereocenters. The molecule has 0 aliphatic heterocycles. The molecule has 0 heterocycles. The van der Waals surface area contributed by atoms with Crippen LogP contribution in [0.25, 0.3) is 0 Å². The predicted octanol–water partition coefficient (Wildman–Crippen LogP) is 1.50. The van der Waals surface area contributed by atoms with Crippen LogP contribution in [-0.4, -0.2) is 11.8 Å². The highest BCUT2D eigenvalue weighted by atomic mass is 32.1. The molecule has 0 saturated carbocycles. The minimum atomic E-state index is -0.0602. The topological polar surface area (TPSA) is 29.4 Å². The van der Waals surface area contributed by atoms with Crippen molar-refractivity contribution in [2.45, 2.75) is 20.8 Å². The zero-order chi connectivity index (χ0) is 8.15. The van der Waals surface area contributed by atoms with E-state index in [4.69, 9.17) is 0 Å². The van der Waals surface area contributed by atoms with Crippen LogP contribution in [0.4, 0.5) is 0 Å². The SMILES string of the molecule is C=S=NC(=O)C(C)C(C)C. The van der Waals surface area contributed by atoms with Crippen molar-refractivity contribution in [1.82, 2.24) is 0 Å². The van der Waals surface area contributed by atoms with Gasteiger partial charge < -0.3 is 0 Å². The molecule has 10 heavy (non-hydrogen) atoms. The molecule has 1 amide bonds. The Morgan fingerprint density at radius 3 is 2.30 bits per heavy atom. The summed E-state index contributed by atoms with van der Waals surface area (Å²) in [5.41, 5.74) is 0. The van der Waals surface area contributed by atoms with Gasteiger partial charge in [-0.25, -0.2) is 0 Å². The third-order valence-corrected chi connectivity index (χ3v) is 1.85. The maximum atomic E-state index is 11.0. The molecule has 0 saturated heterocycles. The molecule has 0 aromatic heterocycles. The van der Waals surface area contributed by atoms with E-state index in [-0.39, 0.29) is 11.8 Å². The van der Waals surface area contributed by atoms with Crippen molar-refractivity contribution >= 4 is 22.9 Å². The fourth-order valence-corrected chi connectivity index (χ4v) is 0.725. The molecule has 0 bridgehead atoms. The third-order valence-electron chi connectivity index (χ3n) is 1.54. The van der Waals surface area contributed by atoms with E-state index >= 15 is 0 Å². The van der Waals surface area contributed by atoms with E-state index in [2.05, 4.69) is 10.2 Å². The number of rotatable bonds is 2. The van der Waals surface area contributed by atoms with Crippen LogP contribution in [-0.2, 0) is 15.9 Å². The summed E-state index contributed by atoms with van der Waals surface area (Å²) in [4.78, 5) is 11.0. The number of carbonyl (C=O) groups is 1. The van der Waals surface area contributed by atoms with Crippen LogP contribution in [0.5, 0.6) is 0 Å². The van der Waals surface area contributed by atoms with E-state index < -0.39 is 0 Å². The molecule has 0 N–H and O–H groups in total. The second-order valence-electron chi connectivity index (χ2n) is 2.59. The fraction of sp³-hybridized carbons (Fsp3) is 0.714. The molecule has 0 aromatic carbocycles. The number of nitrogens with zero attached hydrogens (tertiary/aromatic N) is 1. The number of hydrogen-bond donors (Lipinski definition) is 0. The van der Waals surface area contributed by atoms with Gasteiger partial charge in [0.05, 0.1) is 0 Å². The largest absolute Gasteiger partial charge is 0.271 e. The van der Waals surface area contributed by atoms with Gasteiger partial charge >= 0.3 is 0 Å². The molecular weight excluding hydrogens is 146 g/mol. The van der Waals surface area contributed by atoms with E-state index in [1.165, 1.54) is 0 Å². The lowest BCUT2D eigenvalue weighted by Crippen LogP contribution is -2.13. The normalized spacial score (nSPS) is 12.8. The average Bonchev–Trinajstić information content (AvgIpc) is 1.87. The zero-order valence-electron chi connectivity index (χ0n) is 6.63. The standard InChI is InChI=1S/C7H13NOS/c1-5(2)6(3)7(9)8-10-4/h5-6H,4H2,1-3H3. The van der Waals surface area contributed by atoms with E-state index in [1.54, 1.807) is 0 Å². The van der Waals surface area contributed by atoms with Gasteiger partial charge in [-0.05, 0) is 22.9 Å². The second-order valence-corrected chi connectivity index (χ2v) is 3.03. The van der Waals surface area contributed by atoms with E-state index in [0.717, 1.165) is 11.1 Å². The molecule has 0 aliphatic carbocycles. The van der Waals surface area contributed by atoms with Crippen molar-refractivity contribution in [1.29, 1.82) is 0 Å². The highest BCUT2D eigenvalue weighted by Gasteiger charge is 2.14. The van der Waals surface area contributed by atoms with Gasteiger partial charge in [-0.2, -0.15) is 4.36 Å². The molecule has 1 atom stereocenters. The summed E-state index contributed by atoms with van der Waals surface area (Å²) < 4.78 is 3.61. The smallest absolute Gasteiger partial charge is 0.259 e. The Morgan fingerprint density at radius 2 is 2.00 bits per heavy atom. The minimum absolute atomic E-state index is 0.0225. The maximum Gasteiger partial charge on any atom is 0.259 e. The molecule has 0 aliphatic rings. The Labute approximate surface area is 65.4 Å². The molecule has 0 spiro atoms.